The summed E-state index contributed by atoms with van der Waals surface area (Å²) >= 11 is 0. The molecule has 0 radical (unpaired) electrons. The van der Waals surface area contributed by atoms with E-state index in [1.54, 1.807) is 6.07 Å². The summed E-state index contributed by atoms with van der Waals surface area (Å²) < 4.78 is 18.3. The van der Waals surface area contributed by atoms with Gasteiger partial charge in [-0.1, -0.05) is 19.9 Å². The van der Waals surface area contributed by atoms with Gasteiger partial charge in [-0.3, -0.25) is 4.79 Å². The van der Waals surface area contributed by atoms with E-state index >= 15 is 0 Å². The van der Waals surface area contributed by atoms with Crippen LogP contribution in [0.2, 0.25) is 0 Å². The van der Waals surface area contributed by atoms with Gasteiger partial charge in [0.25, 0.3) is 5.91 Å². The van der Waals surface area contributed by atoms with Crippen LogP contribution in [0.5, 0.6) is 0 Å². The van der Waals surface area contributed by atoms with Crippen LogP contribution in [0.15, 0.2) is 34.9 Å². The predicted octanol–water partition coefficient (Wildman–Crippen LogP) is 3.11. The number of carbonyl (C=O) groups excluding carboxylic acids is 1. The van der Waals surface area contributed by atoms with Gasteiger partial charge >= 0.3 is 0 Å². The average molecular weight is 291 g/mol. The molecule has 0 aliphatic rings. The third kappa shape index (κ3) is 4.13. The highest BCUT2D eigenvalue weighted by atomic mass is 19.1. The van der Waals surface area contributed by atoms with E-state index in [-0.39, 0.29) is 11.7 Å². The zero-order valence-electron chi connectivity index (χ0n) is 12.0. The SMILES string of the molecule is CC(C)CC(N)c1nc(C(=O)Nc2cccc(F)c2)co1. The number of aromatic nitrogens is 1. The van der Waals surface area contributed by atoms with Crippen LogP contribution in [-0.4, -0.2) is 10.9 Å². The van der Waals surface area contributed by atoms with E-state index in [9.17, 15) is 9.18 Å². The first kappa shape index (κ1) is 15.2. The van der Waals surface area contributed by atoms with Crippen molar-refractivity contribution in [3.63, 3.8) is 0 Å². The number of hydrogen-bond donors (Lipinski definition) is 2. The second kappa shape index (κ2) is 6.49. The highest BCUT2D eigenvalue weighted by Gasteiger charge is 2.18. The average Bonchev–Trinajstić information content (AvgIpc) is 2.87. The fourth-order valence-corrected chi connectivity index (χ4v) is 1.93. The lowest BCUT2D eigenvalue weighted by Crippen LogP contribution is -2.15. The molecule has 21 heavy (non-hydrogen) atoms. The summed E-state index contributed by atoms with van der Waals surface area (Å²) in [5.74, 6) is -0.162. The molecule has 1 amide bonds. The van der Waals surface area contributed by atoms with Crippen molar-refractivity contribution >= 4 is 11.6 Å². The molecule has 112 valence electrons. The second-order valence-electron chi connectivity index (χ2n) is 5.27. The Labute approximate surface area is 122 Å². The van der Waals surface area contributed by atoms with Crippen LogP contribution in [0.25, 0.3) is 0 Å². The third-order valence-corrected chi connectivity index (χ3v) is 2.88. The van der Waals surface area contributed by atoms with Gasteiger partial charge in [-0.05, 0) is 30.5 Å². The Bertz CT molecular complexity index is 625. The fourth-order valence-electron chi connectivity index (χ4n) is 1.93. The van der Waals surface area contributed by atoms with E-state index in [0.717, 1.165) is 0 Å². The maximum absolute atomic E-state index is 13.0. The lowest BCUT2D eigenvalue weighted by atomic mass is 10.0. The van der Waals surface area contributed by atoms with E-state index in [1.807, 2.05) is 13.8 Å². The molecule has 0 aliphatic heterocycles. The van der Waals surface area contributed by atoms with E-state index in [2.05, 4.69) is 10.3 Å². The molecule has 1 heterocycles. The summed E-state index contributed by atoms with van der Waals surface area (Å²) in [6, 6.07) is 5.28. The van der Waals surface area contributed by atoms with E-state index in [0.29, 0.717) is 23.9 Å². The first-order valence-electron chi connectivity index (χ1n) is 6.73. The molecule has 0 spiro atoms. The Morgan fingerprint density at radius 1 is 1.48 bits per heavy atom. The molecule has 0 saturated carbocycles. The molecule has 1 atom stereocenters. The highest BCUT2D eigenvalue weighted by molar-refractivity contribution is 6.02. The minimum Gasteiger partial charge on any atom is -0.446 e. The fraction of sp³-hybridized carbons (Fsp3) is 0.333. The van der Waals surface area contributed by atoms with Crippen molar-refractivity contribution in [1.82, 2.24) is 4.98 Å². The monoisotopic (exact) mass is 291 g/mol. The van der Waals surface area contributed by atoms with Crippen molar-refractivity contribution in [2.24, 2.45) is 11.7 Å². The molecule has 1 unspecified atom stereocenters. The number of rotatable bonds is 5. The standard InChI is InChI=1S/C15H18FN3O2/c1-9(2)6-12(17)15-19-13(8-21-15)14(20)18-11-5-3-4-10(16)7-11/h3-5,7-9,12H,6,17H2,1-2H3,(H,18,20). The van der Waals surface area contributed by atoms with Crippen molar-refractivity contribution in [1.29, 1.82) is 0 Å². The summed E-state index contributed by atoms with van der Waals surface area (Å²) in [7, 11) is 0. The molecule has 5 nitrogen and oxygen atoms in total. The highest BCUT2D eigenvalue weighted by Crippen LogP contribution is 2.18. The van der Waals surface area contributed by atoms with E-state index in [4.69, 9.17) is 10.2 Å². The van der Waals surface area contributed by atoms with Crippen molar-refractivity contribution < 1.29 is 13.6 Å². The molecule has 0 aliphatic carbocycles. The quantitative estimate of drug-likeness (QED) is 0.886. The topological polar surface area (TPSA) is 81.1 Å². The summed E-state index contributed by atoms with van der Waals surface area (Å²) in [6.45, 7) is 4.08. The first-order valence-corrected chi connectivity index (χ1v) is 6.73. The van der Waals surface area contributed by atoms with Gasteiger partial charge in [-0.2, -0.15) is 0 Å². The Kier molecular flexibility index (Phi) is 4.70. The Morgan fingerprint density at radius 3 is 2.90 bits per heavy atom. The zero-order chi connectivity index (χ0) is 15.4. The summed E-state index contributed by atoms with van der Waals surface area (Å²) in [4.78, 5) is 16.1. The van der Waals surface area contributed by atoms with Gasteiger partial charge in [0, 0.05) is 5.69 Å². The zero-order valence-corrected chi connectivity index (χ0v) is 12.0. The molecule has 1 aromatic carbocycles. The number of halogens is 1. The minimum atomic E-state index is -0.465. The molecule has 1 aromatic heterocycles. The number of nitrogens with zero attached hydrogens (tertiary/aromatic N) is 1. The van der Waals surface area contributed by atoms with Crippen LogP contribution >= 0.6 is 0 Å². The van der Waals surface area contributed by atoms with Gasteiger partial charge in [0.05, 0.1) is 6.04 Å². The van der Waals surface area contributed by atoms with Crippen LogP contribution in [0, 0.1) is 11.7 Å². The van der Waals surface area contributed by atoms with Gasteiger partial charge in [0.2, 0.25) is 5.89 Å². The van der Waals surface area contributed by atoms with Crippen LogP contribution in [0.4, 0.5) is 10.1 Å². The minimum absolute atomic E-state index is 0.119. The lowest BCUT2D eigenvalue weighted by Gasteiger charge is -2.09. The first-order chi connectivity index (χ1) is 9.95. The number of anilines is 1. The summed E-state index contributed by atoms with van der Waals surface area (Å²) in [5.41, 5.74) is 6.42. The summed E-state index contributed by atoms with van der Waals surface area (Å²) in [6.07, 6.45) is 1.97. The van der Waals surface area contributed by atoms with Gasteiger partial charge in [0.1, 0.15) is 12.1 Å². The number of benzene rings is 1. The molecule has 6 heteroatoms. The molecule has 0 fully saturated rings. The largest absolute Gasteiger partial charge is 0.446 e. The summed E-state index contributed by atoms with van der Waals surface area (Å²) in [5, 5.41) is 2.55. The van der Waals surface area contributed by atoms with E-state index in [1.165, 1.54) is 24.5 Å². The molecular weight excluding hydrogens is 273 g/mol. The number of nitrogens with two attached hydrogens (primary N) is 1. The van der Waals surface area contributed by atoms with Crippen molar-refractivity contribution in [2.45, 2.75) is 26.3 Å². The van der Waals surface area contributed by atoms with Crippen molar-refractivity contribution in [3.8, 4) is 0 Å². The molecule has 3 N–H and O–H groups in total. The Morgan fingerprint density at radius 2 is 2.24 bits per heavy atom. The maximum Gasteiger partial charge on any atom is 0.277 e. The van der Waals surface area contributed by atoms with Crippen LogP contribution < -0.4 is 11.1 Å². The number of amides is 1. The maximum atomic E-state index is 13.0. The molecule has 0 bridgehead atoms. The lowest BCUT2D eigenvalue weighted by molar-refractivity contribution is 0.102. The van der Waals surface area contributed by atoms with Crippen molar-refractivity contribution in [2.75, 3.05) is 5.32 Å². The van der Waals surface area contributed by atoms with Gasteiger partial charge in [-0.25, -0.2) is 9.37 Å². The molecule has 0 saturated heterocycles. The van der Waals surface area contributed by atoms with Crippen LogP contribution in [0.3, 0.4) is 0 Å². The molecule has 2 rings (SSSR count). The number of hydrogen-bond acceptors (Lipinski definition) is 4. The number of nitrogens with one attached hydrogen (secondary N) is 1. The second-order valence-corrected chi connectivity index (χ2v) is 5.27. The van der Waals surface area contributed by atoms with Crippen LogP contribution in [0.1, 0.15) is 42.7 Å². The van der Waals surface area contributed by atoms with Crippen molar-refractivity contribution in [3.05, 3.63) is 47.9 Å². The number of oxazole rings is 1. The molecular formula is C15H18FN3O2. The van der Waals surface area contributed by atoms with Gasteiger partial charge < -0.3 is 15.5 Å². The Hall–Kier alpha value is -2.21. The normalized spacial score (nSPS) is 12.4. The molecule has 2 aromatic rings. The van der Waals surface area contributed by atoms with Gasteiger partial charge in [-0.15, -0.1) is 0 Å². The smallest absolute Gasteiger partial charge is 0.277 e. The van der Waals surface area contributed by atoms with E-state index < -0.39 is 11.7 Å². The third-order valence-electron chi connectivity index (χ3n) is 2.88. The van der Waals surface area contributed by atoms with Gasteiger partial charge in [0.15, 0.2) is 5.69 Å². The Balaban J connectivity index is 2.05. The predicted molar refractivity (Wildman–Crippen MR) is 77.2 cm³/mol. The van der Waals surface area contributed by atoms with Crippen LogP contribution in [-0.2, 0) is 0 Å². The number of carbonyl (C=O) groups is 1.